The van der Waals surface area contributed by atoms with Gasteiger partial charge in [0.2, 0.25) is 0 Å². The monoisotopic (exact) mass is 263 g/mol. The maximum Gasteiger partial charge on any atom is 0.253 e. The molecule has 0 bridgehead atoms. The second-order valence-electron chi connectivity index (χ2n) is 4.47. The highest BCUT2D eigenvalue weighted by Crippen LogP contribution is 2.14. The van der Waals surface area contributed by atoms with E-state index in [1.807, 2.05) is 6.07 Å². The number of H-pyrrole nitrogens is 1. The number of carbonyl (C=O) groups excluding carboxylic acids is 1. The fraction of sp³-hybridized carbons (Fsp3) is 0.385. The van der Waals surface area contributed by atoms with Gasteiger partial charge in [-0.15, -0.1) is 0 Å². The molecule has 0 aliphatic heterocycles. The van der Waals surface area contributed by atoms with Crippen LogP contribution in [-0.2, 0) is 4.74 Å². The molecule has 0 saturated heterocycles. The average Bonchev–Trinajstić information content (AvgIpc) is 2.85. The summed E-state index contributed by atoms with van der Waals surface area (Å²) in [6.07, 6.45) is 0.989. The Morgan fingerprint density at radius 2 is 2.37 bits per heavy atom. The van der Waals surface area contributed by atoms with Gasteiger partial charge in [0.05, 0.1) is 24.4 Å². The number of benzene rings is 1. The zero-order chi connectivity index (χ0) is 13.8. The first kappa shape index (κ1) is 13.5. The number of hydrogen-bond donors (Lipinski definition) is 2. The van der Waals surface area contributed by atoms with Crippen LogP contribution in [0.4, 0.5) is 0 Å². The van der Waals surface area contributed by atoms with Crippen LogP contribution in [0, 0.1) is 0 Å². The third kappa shape index (κ3) is 3.10. The Morgan fingerprint density at radius 3 is 3.11 bits per heavy atom. The smallest absolute Gasteiger partial charge is 0.253 e. The highest BCUT2D eigenvalue weighted by Gasteiger charge is 2.15. The quantitative estimate of drug-likeness (QED) is 0.830. The number of nitrogens with zero attached hydrogens (tertiary/aromatic N) is 2. The average molecular weight is 263 g/mol. The van der Waals surface area contributed by atoms with Gasteiger partial charge in [0.15, 0.2) is 0 Å². The molecule has 6 nitrogen and oxygen atoms in total. The molecule has 2 aromatic rings. The van der Waals surface area contributed by atoms with Gasteiger partial charge in [-0.3, -0.25) is 9.89 Å². The van der Waals surface area contributed by atoms with Crippen molar-refractivity contribution < 1.29 is 14.6 Å². The van der Waals surface area contributed by atoms with Crippen molar-refractivity contribution in [2.75, 3.05) is 27.3 Å². The minimum absolute atomic E-state index is 0.141. The predicted molar refractivity (Wildman–Crippen MR) is 70.9 cm³/mol. The summed E-state index contributed by atoms with van der Waals surface area (Å²) < 4.78 is 4.84. The number of hydrogen-bond acceptors (Lipinski definition) is 4. The lowest BCUT2D eigenvalue weighted by Gasteiger charge is -2.20. The van der Waals surface area contributed by atoms with Crippen molar-refractivity contribution >= 4 is 16.8 Å². The van der Waals surface area contributed by atoms with Crippen LogP contribution in [0.3, 0.4) is 0 Å². The maximum absolute atomic E-state index is 12.2. The van der Waals surface area contributed by atoms with Crippen LogP contribution in [0.15, 0.2) is 24.4 Å². The molecule has 0 fully saturated rings. The van der Waals surface area contributed by atoms with Crippen molar-refractivity contribution in [1.82, 2.24) is 15.1 Å². The lowest BCUT2D eigenvalue weighted by molar-refractivity contribution is 0.0380. The number of aliphatic hydroxyl groups excluding tert-OH is 1. The number of nitrogens with one attached hydrogen (secondary N) is 1. The Hall–Kier alpha value is -1.92. The van der Waals surface area contributed by atoms with Crippen molar-refractivity contribution in [2.45, 2.75) is 6.10 Å². The molecular weight excluding hydrogens is 246 g/mol. The molecule has 6 heteroatoms. The van der Waals surface area contributed by atoms with Crippen LogP contribution in [-0.4, -0.2) is 59.5 Å². The van der Waals surface area contributed by atoms with Crippen LogP contribution in [0.1, 0.15) is 10.4 Å². The van der Waals surface area contributed by atoms with E-state index in [1.165, 1.54) is 12.0 Å². The Balaban J connectivity index is 2.09. The topological polar surface area (TPSA) is 78.5 Å². The number of aromatic nitrogens is 2. The van der Waals surface area contributed by atoms with Crippen LogP contribution < -0.4 is 0 Å². The van der Waals surface area contributed by atoms with E-state index in [2.05, 4.69) is 10.2 Å². The zero-order valence-electron chi connectivity index (χ0n) is 11.0. The first-order valence-corrected chi connectivity index (χ1v) is 5.97. The van der Waals surface area contributed by atoms with Crippen molar-refractivity contribution in [3.8, 4) is 0 Å². The van der Waals surface area contributed by atoms with Crippen LogP contribution in [0.2, 0.25) is 0 Å². The first-order valence-electron chi connectivity index (χ1n) is 5.97. The van der Waals surface area contributed by atoms with Gasteiger partial charge < -0.3 is 14.7 Å². The SMILES string of the molecule is COCC(O)CN(C)C(=O)c1ccc2[nH]ncc2c1. The normalized spacial score (nSPS) is 12.6. The molecule has 2 rings (SSSR count). The maximum atomic E-state index is 12.2. The Bertz CT molecular complexity index is 567. The number of fused-ring (bicyclic) bond motifs is 1. The van der Waals surface area contributed by atoms with Crippen molar-refractivity contribution in [3.05, 3.63) is 30.0 Å². The minimum Gasteiger partial charge on any atom is -0.389 e. The van der Waals surface area contributed by atoms with E-state index < -0.39 is 6.10 Å². The molecule has 0 spiro atoms. The Labute approximate surface area is 111 Å². The van der Waals surface area contributed by atoms with Crippen LogP contribution in [0.5, 0.6) is 0 Å². The van der Waals surface area contributed by atoms with E-state index >= 15 is 0 Å². The zero-order valence-corrected chi connectivity index (χ0v) is 11.0. The highest BCUT2D eigenvalue weighted by atomic mass is 16.5. The summed E-state index contributed by atoms with van der Waals surface area (Å²) in [6.45, 7) is 0.439. The van der Waals surface area contributed by atoms with Crippen LogP contribution in [0.25, 0.3) is 10.9 Å². The number of carbonyl (C=O) groups is 1. The number of methoxy groups -OCH3 is 1. The lowest BCUT2D eigenvalue weighted by atomic mass is 10.1. The van der Waals surface area contributed by atoms with E-state index in [0.717, 1.165) is 10.9 Å². The Morgan fingerprint density at radius 1 is 1.58 bits per heavy atom. The number of ether oxygens (including phenoxy) is 1. The van der Waals surface area contributed by atoms with Crippen molar-refractivity contribution in [1.29, 1.82) is 0 Å². The van der Waals surface area contributed by atoms with Gasteiger partial charge in [0.25, 0.3) is 5.91 Å². The molecule has 1 heterocycles. The summed E-state index contributed by atoms with van der Waals surface area (Å²) in [5, 5.41) is 17.3. The summed E-state index contributed by atoms with van der Waals surface area (Å²) in [4.78, 5) is 13.7. The molecule has 19 heavy (non-hydrogen) atoms. The number of aromatic amines is 1. The molecule has 0 radical (unpaired) electrons. The molecule has 0 aliphatic rings. The number of amides is 1. The standard InChI is InChI=1S/C13H17N3O3/c1-16(7-11(17)8-19-2)13(18)9-3-4-12-10(5-9)6-14-15-12/h3-6,11,17H,7-8H2,1-2H3,(H,14,15). The number of aliphatic hydroxyl groups is 1. The second-order valence-corrected chi connectivity index (χ2v) is 4.47. The Kier molecular flexibility index (Phi) is 4.13. The van der Waals surface area contributed by atoms with Gasteiger partial charge in [-0.05, 0) is 18.2 Å². The molecular formula is C13H17N3O3. The highest BCUT2D eigenvalue weighted by molar-refractivity contribution is 5.97. The summed E-state index contributed by atoms with van der Waals surface area (Å²) in [5.74, 6) is -0.141. The van der Waals surface area contributed by atoms with E-state index in [4.69, 9.17) is 4.74 Å². The first-order chi connectivity index (χ1) is 9.11. The molecule has 1 aromatic carbocycles. The number of rotatable bonds is 5. The summed E-state index contributed by atoms with van der Waals surface area (Å²) in [5.41, 5.74) is 1.46. The molecule has 1 atom stereocenters. The fourth-order valence-corrected chi connectivity index (χ4v) is 1.94. The largest absolute Gasteiger partial charge is 0.389 e. The van der Waals surface area contributed by atoms with Crippen molar-refractivity contribution in [2.24, 2.45) is 0 Å². The van der Waals surface area contributed by atoms with Crippen molar-refractivity contribution in [3.63, 3.8) is 0 Å². The molecule has 0 aliphatic carbocycles. The van der Waals surface area contributed by atoms with E-state index in [-0.39, 0.29) is 19.1 Å². The molecule has 1 amide bonds. The molecule has 2 N–H and O–H groups in total. The van der Waals surface area contributed by atoms with Gasteiger partial charge in [-0.25, -0.2) is 0 Å². The third-order valence-electron chi connectivity index (χ3n) is 2.88. The molecule has 102 valence electrons. The second kappa shape index (κ2) is 5.81. The van der Waals surface area contributed by atoms with E-state index in [1.54, 1.807) is 25.4 Å². The molecule has 1 aromatic heterocycles. The lowest BCUT2D eigenvalue weighted by Crippen LogP contribution is -2.36. The van der Waals surface area contributed by atoms with Crippen LogP contribution >= 0.6 is 0 Å². The van der Waals surface area contributed by atoms with Gasteiger partial charge in [-0.2, -0.15) is 5.10 Å². The summed E-state index contributed by atoms with van der Waals surface area (Å²) >= 11 is 0. The molecule has 1 unspecified atom stereocenters. The van der Waals surface area contributed by atoms with Gasteiger partial charge in [0.1, 0.15) is 0 Å². The summed E-state index contributed by atoms with van der Waals surface area (Å²) in [7, 11) is 3.17. The van der Waals surface area contributed by atoms with Gasteiger partial charge in [0, 0.05) is 31.7 Å². The third-order valence-corrected chi connectivity index (χ3v) is 2.88. The molecule has 0 saturated carbocycles. The fourth-order valence-electron chi connectivity index (χ4n) is 1.94. The predicted octanol–water partition coefficient (Wildman–Crippen LogP) is 0.642. The summed E-state index contributed by atoms with van der Waals surface area (Å²) in [6, 6.07) is 5.33. The van der Waals surface area contributed by atoms with E-state index in [9.17, 15) is 9.90 Å². The van der Waals surface area contributed by atoms with E-state index in [0.29, 0.717) is 5.56 Å². The number of likely N-dealkylation sites (N-methyl/N-ethyl adjacent to an activating group) is 1. The minimum atomic E-state index is -0.684. The van der Waals surface area contributed by atoms with Gasteiger partial charge in [-0.1, -0.05) is 0 Å². The van der Waals surface area contributed by atoms with Gasteiger partial charge >= 0.3 is 0 Å².